The van der Waals surface area contributed by atoms with Gasteiger partial charge in [0.2, 0.25) is 0 Å². The SMILES string of the molecule is Cc1cc(Cl)c(OCCCCCSC(F)(F)F)cc1SSc1cc(OCCCCCSC(F)(F)F)c(Cl)cc1C. The van der Waals surface area contributed by atoms with Gasteiger partial charge in [-0.15, -0.1) is 0 Å². The van der Waals surface area contributed by atoms with Crippen LogP contribution >= 0.6 is 68.3 Å². The van der Waals surface area contributed by atoms with Gasteiger partial charge in [0, 0.05) is 21.3 Å². The van der Waals surface area contributed by atoms with Gasteiger partial charge in [-0.1, -0.05) is 68.3 Å². The average Bonchev–Trinajstić information content (AvgIpc) is 2.83. The maximum Gasteiger partial charge on any atom is 0.441 e. The Morgan fingerprint density at radius 1 is 0.600 bits per heavy atom. The van der Waals surface area contributed by atoms with Gasteiger partial charge >= 0.3 is 11.0 Å². The molecule has 2 aromatic carbocycles. The molecule has 0 saturated heterocycles. The molecular weight excluding hydrogens is 657 g/mol. The Bertz CT molecular complexity index is 987. The molecule has 0 amide bonds. The van der Waals surface area contributed by atoms with Crippen LogP contribution in [0.2, 0.25) is 10.0 Å². The van der Waals surface area contributed by atoms with Gasteiger partial charge in [0.15, 0.2) is 0 Å². The van der Waals surface area contributed by atoms with Crippen molar-refractivity contribution >= 4 is 68.3 Å². The van der Waals surface area contributed by atoms with Crippen molar-refractivity contribution in [2.75, 3.05) is 24.7 Å². The second-order valence-corrected chi connectivity index (χ2v) is 14.0. The molecule has 0 radical (unpaired) electrons. The highest BCUT2D eigenvalue weighted by atomic mass is 35.5. The first-order valence-electron chi connectivity index (χ1n) is 12.4. The summed E-state index contributed by atoms with van der Waals surface area (Å²) >= 11 is 12.7. The smallest absolute Gasteiger partial charge is 0.441 e. The minimum atomic E-state index is -4.19. The van der Waals surface area contributed by atoms with Crippen LogP contribution in [-0.4, -0.2) is 35.7 Å². The van der Waals surface area contributed by atoms with Gasteiger partial charge in [0.05, 0.1) is 23.3 Å². The first-order chi connectivity index (χ1) is 18.7. The number of hydrogen-bond donors (Lipinski definition) is 0. The number of halogens is 8. The summed E-state index contributed by atoms with van der Waals surface area (Å²) in [5, 5.41) is 0.935. The van der Waals surface area contributed by atoms with Gasteiger partial charge in [-0.05, 0) is 87.8 Å². The van der Waals surface area contributed by atoms with Gasteiger partial charge < -0.3 is 9.47 Å². The summed E-state index contributed by atoms with van der Waals surface area (Å²) in [6.07, 6.45) is 3.42. The molecule has 0 atom stereocenters. The number of thioether (sulfide) groups is 2. The number of rotatable bonds is 17. The molecule has 0 heterocycles. The van der Waals surface area contributed by atoms with E-state index in [9.17, 15) is 26.3 Å². The Morgan fingerprint density at radius 2 is 0.975 bits per heavy atom. The van der Waals surface area contributed by atoms with Crippen molar-refractivity contribution in [3.05, 3.63) is 45.4 Å². The van der Waals surface area contributed by atoms with Crippen LogP contribution in [0.4, 0.5) is 26.3 Å². The number of ether oxygens (including phenoxy) is 2. The maximum absolute atomic E-state index is 12.2. The molecule has 226 valence electrons. The van der Waals surface area contributed by atoms with Crippen LogP contribution in [0.15, 0.2) is 34.1 Å². The molecule has 2 nitrogen and oxygen atoms in total. The van der Waals surface area contributed by atoms with Crippen LogP contribution in [0.1, 0.15) is 49.7 Å². The first kappa shape index (κ1) is 35.8. The molecule has 14 heteroatoms. The van der Waals surface area contributed by atoms with E-state index in [1.165, 1.54) is 21.6 Å². The van der Waals surface area contributed by atoms with E-state index in [1.807, 2.05) is 38.1 Å². The van der Waals surface area contributed by atoms with Gasteiger partial charge in [-0.2, -0.15) is 26.3 Å². The van der Waals surface area contributed by atoms with Crippen LogP contribution in [-0.2, 0) is 0 Å². The summed E-state index contributed by atoms with van der Waals surface area (Å²) in [5.41, 5.74) is -6.46. The monoisotopic (exact) mass is 686 g/mol. The number of hydrogen-bond acceptors (Lipinski definition) is 6. The summed E-state index contributed by atoms with van der Waals surface area (Å²) in [4.78, 5) is 1.89. The van der Waals surface area contributed by atoms with Crippen LogP contribution in [0.25, 0.3) is 0 Å². The van der Waals surface area contributed by atoms with E-state index >= 15 is 0 Å². The van der Waals surface area contributed by atoms with E-state index in [0.717, 1.165) is 20.9 Å². The molecule has 0 fully saturated rings. The molecule has 2 aromatic rings. The molecule has 0 unspecified atom stereocenters. The third kappa shape index (κ3) is 14.7. The van der Waals surface area contributed by atoms with E-state index in [1.54, 1.807) is 0 Å². The lowest BCUT2D eigenvalue weighted by Gasteiger charge is -2.14. The van der Waals surface area contributed by atoms with Crippen molar-refractivity contribution in [2.24, 2.45) is 0 Å². The minimum absolute atomic E-state index is 0.00638. The topological polar surface area (TPSA) is 18.5 Å². The van der Waals surface area contributed by atoms with Crippen LogP contribution in [0.5, 0.6) is 11.5 Å². The van der Waals surface area contributed by atoms with E-state index in [2.05, 4.69) is 0 Å². The predicted molar refractivity (Wildman–Crippen MR) is 160 cm³/mol. The normalized spacial score (nSPS) is 12.2. The van der Waals surface area contributed by atoms with Crippen LogP contribution in [0.3, 0.4) is 0 Å². The Hall–Kier alpha value is -0.400. The summed E-state index contributed by atoms with van der Waals surface area (Å²) in [6, 6.07) is 7.34. The molecule has 2 rings (SSSR count). The second-order valence-electron chi connectivity index (χ2n) is 8.67. The number of benzene rings is 2. The molecule has 40 heavy (non-hydrogen) atoms. The van der Waals surface area contributed by atoms with E-state index < -0.39 is 11.0 Å². The predicted octanol–water partition coefficient (Wildman–Crippen LogP) is 12.0. The standard InChI is InChI=1S/C26H30Cl2F6O2S4/c1-17-13-19(27)21(35-9-5-3-7-11-37-25(29,30)31)15-23(17)39-40-24-16-22(20(28)14-18(24)2)36-10-6-4-8-12-38-26(32,33)34/h13-16H,3-12H2,1-2H3. The number of alkyl halides is 6. The Balaban J connectivity index is 1.86. The van der Waals surface area contributed by atoms with Gasteiger partial charge in [-0.3, -0.25) is 0 Å². The molecule has 0 aliphatic rings. The fraction of sp³-hybridized carbons (Fsp3) is 0.538. The lowest BCUT2D eigenvalue weighted by molar-refractivity contribution is -0.0336. The molecule has 0 spiro atoms. The summed E-state index contributed by atoms with van der Waals surface area (Å²) in [6.45, 7) is 4.59. The van der Waals surface area contributed by atoms with Gasteiger partial charge in [-0.25, -0.2) is 0 Å². The van der Waals surface area contributed by atoms with Crippen molar-refractivity contribution in [3.63, 3.8) is 0 Å². The molecule has 0 bridgehead atoms. The van der Waals surface area contributed by atoms with Gasteiger partial charge in [0.1, 0.15) is 11.5 Å². The lowest BCUT2D eigenvalue weighted by Crippen LogP contribution is -2.02. The average molecular weight is 688 g/mol. The summed E-state index contributed by atoms with van der Waals surface area (Å²) in [5.74, 6) is 1.11. The summed E-state index contributed by atoms with van der Waals surface area (Å²) < 4.78 is 84.8. The Labute approximate surface area is 257 Å². The zero-order valence-electron chi connectivity index (χ0n) is 21.9. The Morgan fingerprint density at radius 3 is 1.32 bits per heavy atom. The summed E-state index contributed by atoms with van der Waals surface area (Å²) in [7, 11) is 3.04. The zero-order chi connectivity index (χ0) is 29.8. The van der Waals surface area contributed by atoms with Crippen molar-refractivity contribution in [3.8, 4) is 11.5 Å². The molecular formula is C26H30Cl2F6O2S4. The fourth-order valence-electron chi connectivity index (χ4n) is 3.26. The van der Waals surface area contributed by atoms with Crippen molar-refractivity contribution in [1.82, 2.24) is 0 Å². The molecule has 0 saturated carbocycles. The molecule has 0 N–H and O–H groups in total. The maximum atomic E-state index is 12.2. The highest BCUT2D eigenvalue weighted by Crippen LogP contribution is 2.45. The minimum Gasteiger partial charge on any atom is -0.492 e. The third-order valence-corrected chi connectivity index (χ3v) is 10.2. The van der Waals surface area contributed by atoms with Crippen molar-refractivity contribution in [2.45, 2.75) is 73.2 Å². The Kier molecular flexibility index (Phi) is 15.8. The first-order valence-corrected chi connectivity index (χ1v) is 17.2. The van der Waals surface area contributed by atoms with E-state index in [0.29, 0.717) is 73.3 Å². The van der Waals surface area contributed by atoms with Gasteiger partial charge in [0.25, 0.3) is 0 Å². The van der Waals surface area contributed by atoms with Crippen molar-refractivity contribution < 1.29 is 35.8 Å². The number of aryl methyl sites for hydroxylation is 2. The van der Waals surface area contributed by atoms with E-state index in [-0.39, 0.29) is 35.0 Å². The lowest BCUT2D eigenvalue weighted by atomic mass is 10.2. The molecule has 0 aliphatic heterocycles. The van der Waals surface area contributed by atoms with Crippen LogP contribution < -0.4 is 9.47 Å². The highest BCUT2D eigenvalue weighted by Gasteiger charge is 2.27. The molecule has 0 aliphatic carbocycles. The molecule has 0 aromatic heterocycles. The van der Waals surface area contributed by atoms with Crippen LogP contribution in [0, 0.1) is 13.8 Å². The number of unbranched alkanes of at least 4 members (excludes halogenated alkanes) is 4. The quantitative estimate of drug-likeness (QED) is 0.0929. The largest absolute Gasteiger partial charge is 0.492 e. The highest BCUT2D eigenvalue weighted by molar-refractivity contribution is 8.76. The zero-order valence-corrected chi connectivity index (χ0v) is 26.6. The second kappa shape index (κ2) is 17.7. The van der Waals surface area contributed by atoms with E-state index in [4.69, 9.17) is 32.7 Å². The third-order valence-electron chi connectivity index (χ3n) is 5.30. The van der Waals surface area contributed by atoms with Crippen molar-refractivity contribution in [1.29, 1.82) is 0 Å². The fourth-order valence-corrected chi connectivity index (χ4v) is 7.45.